The van der Waals surface area contributed by atoms with Gasteiger partial charge in [-0.25, -0.2) is 0 Å². The number of amides is 1. The van der Waals surface area contributed by atoms with Crippen LogP contribution in [0, 0.1) is 0 Å². The van der Waals surface area contributed by atoms with E-state index in [0.29, 0.717) is 6.42 Å². The van der Waals surface area contributed by atoms with Gasteiger partial charge in [-0.1, -0.05) is 344 Å². The van der Waals surface area contributed by atoms with E-state index in [4.69, 9.17) is 9.47 Å². The fourth-order valence-corrected chi connectivity index (χ4v) is 11.4. The number of carbonyl (C=O) groups excluding carboxylic acids is 1. The van der Waals surface area contributed by atoms with Crippen LogP contribution in [0.5, 0.6) is 0 Å². The predicted molar refractivity (Wildman–Crippen MR) is 359 cm³/mol. The number of hydrogen-bond donors (Lipinski definition) is 6. The van der Waals surface area contributed by atoms with Gasteiger partial charge in [-0.05, 0) is 64.2 Å². The van der Waals surface area contributed by atoms with Gasteiger partial charge in [0.05, 0.1) is 25.4 Å². The highest BCUT2D eigenvalue weighted by Gasteiger charge is 2.44. The first kappa shape index (κ1) is 79.6. The van der Waals surface area contributed by atoms with Crippen molar-refractivity contribution in [3.8, 4) is 0 Å². The average molecular weight is 1180 g/mol. The Kier molecular flexibility index (Phi) is 60.3. The summed E-state index contributed by atoms with van der Waals surface area (Å²) in [5, 5.41) is 54.8. The van der Waals surface area contributed by atoms with Gasteiger partial charge < -0.3 is 40.3 Å². The van der Waals surface area contributed by atoms with Crippen molar-refractivity contribution in [3.05, 3.63) is 72.9 Å². The van der Waals surface area contributed by atoms with E-state index < -0.39 is 49.5 Å². The molecule has 0 aromatic carbocycles. The smallest absolute Gasteiger partial charge is 0.220 e. The minimum atomic E-state index is -1.57. The summed E-state index contributed by atoms with van der Waals surface area (Å²) in [4.78, 5) is 13.1. The topological polar surface area (TPSA) is 149 Å². The lowest BCUT2D eigenvalue weighted by Crippen LogP contribution is -2.60. The SMILES string of the molecule is CC/C=C\C/C=C\C/C=C\C/C=C\C/C=C\CCCCCCCCCCCCCCCCCC(=O)NC(COC1OC(CO)C(O)C(O)C1O)C(O)/C=C/CCCCCCCCCCCCCCCCCCCCCCCCCCCCCC. The van der Waals surface area contributed by atoms with Gasteiger partial charge in [-0.15, -0.1) is 0 Å². The lowest BCUT2D eigenvalue weighted by molar-refractivity contribution is -0.302. The number of aliphatic hydroxyl groups is 5. The molecule has 0 aliphatic carbocycles. The van der Waals surface area contributed by atoms with Crippen molar-refractivity contribution in [2.45, 2.75) is 384 Å². The van der Waals surface area contributed by atoms with Crippen LogP contribution in [0.4, 0.5) is 0 Å². The Bertz CT molecular complexity index is 1560. The third-order valence-corrected chi connectivity index (χ3v) is 17.0. The molecule has 1 heterocycles. The molecule has 7 unspecified atom stereocenters. The van der Waals surface area contributed by atoms with Crippen molar-refractivity contribution in [1.82, 2.24) is 5.32 Å². The number of aliphatic hydroxyl groups excluding tert-OH is 5. The van der Waals surface area contributed by atoms with Gasteiger partial charge in [0.2, 0.25) is 5.91 Å². The van der Waals surface area contributed by atoms with E-state index in [0.717, 1.165) is 70.6 Å². The van der Waals surface area contributed by atoms with Crippen molar-refractivity contribution < 1.29 is 39.8 Å². The standard InChI is InChI=1S/C75H137NO8/c1-3-5-7-9-11-13-15-17-19-21-23-25-27-29-31-33-35-37-39-41-43-45-47-49-51-53-55-57-59-61-63-65-71(79)76-68(67-83-75-74(82)73(81)72(80)70(66-77)84-75)69(78)64-62-60-58-56-54-52-50-48-46-44-42-40-38-36-34-32-30-28-26-24-22-20-18-16-14-12-10-8-6-4-2/h5,7,11,13,17,19,23,25,29,31,62,64,68-70,72-75,77-78,80-82H,3-4,6,8-10,12,14-16,18,20-22,24,26-28,30,32-61,63,65-67H2,1-2H3,(H,76,79)/b7-5-,13-11-,19-17-,25-23-,31-29-,64-62+. The fraction of sp³-hybridized carbons (Fsp3) is 0.827. The number of hydrogen-bond acceptors (Lipinski definition) is 8. The minimum absolute atomic E-state index is 0.174. The molecule has 9 heteroatoms. The predicted octanol–water partition coefficient (Wildman–Crippen LogP) is 19.9. The Morgan fingerprint density at radius 3 is 1.10 bits per heavy atom. The molecular weight excluding hydrogens is 1040 g/mol. The Labute approximate surface area is 519 Å². The Morgan fingerprint density at radius 1 is 0.417 bits per heavy atom. The van der Waals surface area contributed by atoms with Gasteiger partial charge in [0.1, 0.15) is 24.4 Å². The second-order valence-electron chi connectivity index (χ2n) is 25.0. The summed E-state index contributed by atoms with van der Waals surface area (Å²) in [6.45, 7) is 3.71. The van der Waals surface area contributed by atoms with Crippen LogP contribution >= 0.6 is 0 Å². The van der Waals surface area contributed by atoms with Crippen molar-refractivity contribution in [1.29, 1.82) is 0 Å². The van der Waals surface area contributed by atoms with Crippen LogP contribution in [-0.4, -0.2) is 87.5 Å². The third kappa shape index (κ3) is 51.7. The van der Waals surface area contributed by atoms with E-state index in [1.54, 1.807) is 6.08 Å². The summed E-state index contributed by atoms with van der Waals surface area (Å²) in [6.07, 6.45) is 83.0. The van der Waals surface area contributed by atoms with Crippen molar-refractivity contribution in [2.75, 3.05) is 13.2 Å². The molecule has 1 aliphatic rings. The molecule has 0 spiro atoms. The summed E-state index contributed by atoms with van der Waals surface area (Å²) < 4.78 is 11.3. The Hall–Kier alpha value is -2.37. The average Bonchev–Trinajstić information content (AvgIpc) is 3.70. The monoisotopic (exact) mass is 1180 g/mol. The highest BCUT2D eigenvalue weighted by atomic mass is 16.7. The molecule has 0 aromatic heterocycles. The van der Waals surface area contributed by atoms with Gasteiger partial charge in [0, 0.05) is 6.42 Å². The maximum atomic E-state index is 13.1. The van der Waals surface area contributed by atoms with Crippen molar-refractivity contribution >= 4 is 5.91 Å². The van der Waals surface area contributed by atoms with Crippen LogP contribution < -0.4 is 5.32 Å². The fourth-order valence-electron chi connectivity index (χ4n) is 11.4. The minimum Gasteiger partial charge on any atom is -0.394 e. The Balaban J connectivity index is 2.12. The van der Waals surface area contributed by atoms with Gasteiger partial charge in [-0.3, -0.25) is 4.79 Å². The van der Waals surface area contributed by atoms with Crippen LogP contribution in [0.3, 0.4) is 0 Å². The molecule has 0 radical (unpaired) electrons. The molecule has 0 bridgehead atoms. The molecule has 490 valence electrons. The first-order valence-electron chi connectivity index (χ1n) is 36.2. The second-order valence-corrected chi connectivity index (χ2v) is 25.0. The second kappa shape index (κ2) is 63.6. The molecule has 1 rings (SSSR count). The molecule has 7 atom stereocenters. The summed E-state index contributed by atoms with van der Waals surface area (Å²) in [5.74, 6) is -0.174. The normalized spacial score (nSPS) is 18.6. The zero-order valence-corrected chi connectivity index (χ0v) is 54.9. The number of carbonyl (C=O) groups is 1. The number of ether oxygens (including phenoxy) is 2. The largest absolute Gasteiger partial charge is 0.394 e. The van der Waals surface area contributed by atoms with Gasteiger partial charge in [0.15, 0.2) is 6.29 Å². The lowest BCUT2D eigenvalue weighted by Gasteiger charge is -2.40. The Morgan fingerprint density at radius 2 is 0.738 bits per heavy atom. The maximum Gasteiger partial charge on any atom is 0.220 e. The molecule has 1 amide bonds. The number of unbranched alkanes of at least 4 members (excludes halogenated alkanes) is 43. The molecule has 0 aromatic rings. The van der Waals surface area contributed by atoms with E-state index in [2.05, 4.69) is 79.9 Å². The molecule has 84 heavy (non-hydrogen) atoms. The van der Waals surface area contributed by atoms with Crippen molar-refractivity contribution in [3.63, 3.8) is 0 Å². The molecule has 1 saturated heterocycles. The molecule has 9 nitrogen and oxygen atoms in total. The zero-order chi connectivity index (χ0) is 60.7. The molecule has 1 fully saturated rings. The first-order valence-corrected chi connectivity index (χ1v) is 36.2. The maximum absolute atomic E-state index is 13.1. The number of nitrogens with one attached hydrogen (secondary N) is 1. The number of allylic oxidation sites excluding steroid dienone is 11. The van der Waals surface area contributed by atoms with E-state index in [-0.39, 0.29) is 12.5 Å². The first-order chi connectivity index (χ1) is 41.3. The quantitative estimate of drug-likeness (QED) is 0.0261. The molecule has 1 aliphatic heterocycles. The lowest BCUT2D eigenvalue weighted by atomic mass is 9.99. The molecule has 6 N–H and O–H groups in total. The highest BCUT2D eigenvalue weighted by molar-refractivity contribution is 5.76. The van der Waals surface area contributed by atoms with E-state index >= 15 is 0 Å². The molecular formula is C75H137NO8. The van der Waals surface area contributed by atoms with Gasteiger partial charge in [0.25, 0.3) is 0 Å². The van der Waals surface area contributed by atoms with Gasteiger partial charge >= 0.3 is 0 Å². The van der Waals surface area contributed by atoms with Crippen molar-refractivity contribution in [2.24, 2.45) is 0 Å². The van der Waals surface area contributed by atoms with Gasteiger partial charge in [-0.2, -0.15) is 0 Å². The van der Waals surface area contributed by atoms with E-state index in [9.17, 15) is 30.3 Å². The molecule has 0 saturated carbocycles. The van der Waals surface area contributed by atoms with Crippen LogP contribution in [-0.2, 0) is 14.3 Å². The van der Waals surface area contributed by atoms with E-state index in [1.165, 1.54) is 250 Å². The zero-order valence-electron chi connectivity index (χ0n) is 54.9. The summed E-state index contributed by atoms with van der Waals surface area (Å²) in [6, 6.07) is -0.810. The number of rotatable bonds is 63. The summed E-state index contributed by atoms with van der Waals surface area (Å²) >= 11 is 0. The van der Waals surface area contributed by atoms with Crippen LogP contribution in [0.2, 0.25) is 0 Å². The van der Waals surface area contributed by atoms with Crippen LogP contribution in [0.15, 0.2) is 72.9 Å². The van der Waals surface area contributed by atoms with E-state index in [1.807, 2.05) is 6.08 Å². The third-order valence-electron chi connectivity index (χ3n) is 17.0. The summed E-state index contributed by atoms with van der Waals surface area (Å²) in [7, 11) is 0. The summed E-state index contributed by atoms with van der Waals surface area (Å²) in [5.41, 5.74) is 0. The highest BCUT2D eigenvalue weighted by Crippen LogP contribution is 2.23. The van der Waals surface area contributed by atoms with Crippen LogP contribution in [0.25, 0.3) is 0 Å². The van der Waals surface area contributed by atoms with Crippen LogP contribution in [0.1, 0.15) is 341 Å².